The summed E-state index contributed by atoms with van der Waals surface area (Å²) in [6.07, 6.45) is 0.324. The first-order chi connectivity index (χ1) is 11.9. The molecule has 2 aromatic carbocycles. The zero-order valence-electron chi connectivity index (χ0n) is 14.2. The number of nitrogens with one attached hydrogen (secondary N) is 2. The van der Waals surface area contributed by atoms with Crippen molar-refractivity contribution in [1.82, 2.24) is 9.71 Å². The normalized spacial score (nSPS) is 11.8. The smallest absolute Gasteiger partial charge is 0.251 e. The first-order valence-corrected chi connectivity index (χ1v) is 9.53. The molecule has 1 heterocycles. The summed E-state index contributed by atoms with van der Waals surface area (Å²) in [5.74, 6) is 0. The van der Waals surface area contributed by atoms with E-state index in [2.05, 4.69) is 15.8 Å². The number of benzene rings is 2. The van der Waals surface area contributed by atoms with Crippen LogP contribution in [0.3, 0.4) is 0 Å². The van der Waals surface area contributed by atoms with Crippen LogP contribution in [0.25, 0.3) is 10.9 Å². The standard InChI is InChI=1S/C19H20N2O3S/c1-13-10-14(2)17-12-15(19(22)21-18(17)11-13)8-9-20-25(23,24)16-6-4-3-5-7-16/h3-7,10-12,20H,8-9H2,1-2H3,(H,21,22). The topological polar surface area (TPSA) is 79.0 Å². The molecule has 0 spiro atoms. The molecule has 0 bridgehead atoms. The van der Waals surface area contributed by atoms with E-state index in [9.17, 15) is 13.2 Å². The Morgan fingerprint density at radius 1 is 1.04 bits per heavy atom. The van der Waals surface area contributed by atoms with Gasteiger partial charge < -0.3 is 4.98 Å². The lowest BCUT2D eigenvalue weighted by Crippen LogP contribution is -2.27. The highest BCUT2D eigenvalue weighted by Gasteiger charge is 2.13. The van der Waals surface area contributed by atoms with Crippen LogP contribution >= 0.6 is 0 Å². The monoisotopic (exact) mass is 356 g/mol. The van der Waals surface area contributed by atoms with Crippen molar-refractivity contribution in [3.63, 3.8) is 0 Å². The second-order valence-corrected chi connectivity index (χ2v) is 7.89. The van der Waals surface area contributed by atoms with Crippen molar-refractivity contribution in [2.75, 3.05) is 6.54 Å². The average molecular weight is 356 g/mol. The third-order valence-corrected chi connectivity index (χ3v) is 5.61. The fourth-order valence-electron chi connectivity index (χ4n) is 2.90. The summed E-state index contributed by atoms with van der Waals surface area (Å²) in [6, 6.07) is 14.0. The highest BCUT2D eigenvalue weighted by atomic mass is 32.2. The number of rotatable bonds is 5. The van der Waals surface area contributed by atoms with Gasteiger partial charge in [-0.15, -0.1) is 0 Å². The molecule has 0 aliphatic rings. The lowest BCUT2D eigenvalue weighted by atomic mass is 10.0. The lowest BCUT2D eigenvalue weighted by Gasteiger charge is -2.09. The summed E-state index contributed by atoms with van der Waals surface area (Å²) in [5.41, 5.74) is 3.35. The summed E-state index contributed by atoms with van der Waals surface area (Å²) in [4.78, 5) is 15.4. The van der Waals surface area contributed by atoms with E-state index in [1.807, 2.05) is 26.0 Å². The quantitative estimate of drug-likeness (QED) is 0.738. The van der Waals surface area contributed by atoms with E-state index in [4.69, 9.17) is 0 Å². The van der Waals surface area contributed by atoms with Crippen molar-refractivity contribution in [3.05, 3.63) is 75.6 Å². The minimum absolute atomic E-state index is 0.163. The molecule has 0 fully saturated rings. The Morgan fingerprint density at radius 3 is 2.48 bits per heavy atom. The third kappa shape index (κ3) is 3.81. The highest BCUT2D eigenvalue weighted by molar-refractivity contribution is 7.89. The minimum Gasteiger partial charge on any atom is -0.322 e. The van der Waals surface area contributed by atoms with Gasteiger partial charge in [-0.2, -0.15) is 0 Å². The molecule has 1 aromatic heterocycles. The number of aryl methyl sites for hydroxylation is 2. The lowest BCUT2D eigenvalue weighted by molar-refractivity contribution is 0.581. The summed E-state index contributed by atoms with van der Waals surface area (Å²) in [6.45, 7) is 4.14. The van der Waals surface area contributed by atoms with E-state index in [1.165, 1.54) is 12.1 Å². The van der Waals surface area contributed by atoms with Gasteiger partial charge in [-0.25, -0.2) is 13.1 Å². The van der Waals surface area contributed by atoms with E-state index in [0.717, 1.165) is 22.0 Å². The van der Waals surface area contributed by atoms with Gasteiger partial charge in [0.25, 0.3) is 5.56 Å². The molecule has 130 valence electrons. The third-order valence-electron chi connectivity index (χ3n) is 4.13. The maximum Gasteiger partial charge on any atom is 0.251 e. The van der Waals surface area contributed by atoms with Crippen molar-refractivity contribution in [2.24, 2.45) is 0 Å². The van der Waals surface area contributed by atoms with Gasteiger partial charge in [-0.3, -0.25) is 4.79 Å². The van der Waals surface area contributed by atoms with Crippen LogP contribution in [-0.4, -0.2) is 19.9 Å². The highest BCUT2D eigenvalue weighted by Crippen LogP contribution is 2.18. The number of aromatic amines is 1. The van der Waals surface area contributed by atoms with Crippen LogP contribution in [-0.2, 0) is 16.4 Å². The van der Waals surface area contributed by atoms with Crippen LogP contribution in [0.1, 0.15) is 16.7 Å². The predicted molar refractivity (Wildman–Crippen MR) is 99.4 cm³/mol. The Labute approximate surface area is 146 Å². The Balaban J connectivity index is 1.80. The summed E-state index contributed by atoms with van der Waals surface area (Å²) in [7, 11) is -3.56. The van der Waals surface area contributed by atoms with E-state index in [-0.39, 0.29) is 17.0 Å². The van der Waals surface area contributed by atoms with Crippen LogP contribution in [0.2, 0.25) is 0 Å². The molecule has 5 nitrogen and oxygen atoms in total. The Morgan fingerprint density at radius 2 is 1.76 bits per heavy atom. The van der Waals surface area contributed by atoms with Crippen LogP contribution in [0.5, 0.6) is 0 Å². The van der Waals surface area contributed by atoms with Crippen molar-refractivity contribution in [3.8, 4) is 0 Å². The van der Waals surface area contributed by atoms with E-state index in [0.29, 0.717) is 12.0 Å². The number of hydrogen-bond donors (Lipinski definition) is 2. The van der Waals surface area contributed by atoms with Crippen LogP contribution in [0.4, 0.5) is 0 Å². The Hall–Kier alpha value is -2.44. The van der Waals surface area contributed by atoms with Crippen LogP contribution < -0.4 is 10.3 Å². The first kappa shape index (κ1) is 17.4. The number of fused-ring (bicyclic) bond motifs is 1. The van der Waals surface area contributed by atoms with Gasteiger partial charge in [-0.1, -0.05) is 24.3 Å². The molecule has 6 heteroatoms. The zero-order chi connectivity index (χ0) is 18.0. The average Bonchev–Trinajstić information content (AvgIpc) is 2.56. The number of H-pyrrole nitrogens is 1. The zero-order valence-corrected chi connectivity index (χ0v) is 15.0. The largest absolute Gasteiger partial charge is 0.322 e. The molecule has 3 aromatic rings. The van der Waals surface area contributed by atoms with Crippen molar-refractivity contribution in [2.45, 2.75) is 25.2 Å². The molecular formula is C19H20N2O3S. The van der Waals surface area contributed by atoms with Gasteiger partial charge in [-0.05, 0) is 55.7 Å². The molecule has 2 N–H and O–H groups in total. The van der Waals surface area contributed by atoms with Crippen LogP contribution in [0, 0.1) is 13.8 Å². The molecule has 0 amide bonds. The molecule has 25 heavy (non-hydrogen) atoms. The second kappa shape index (κ2) is 6.82. The number of aromatic nitrogens is 1. The minimum atomic E-state index is -3.56. The first-order valence-electron chi connectivity index (χ1n) is 8.05. The molecule has 0 aliphatic heterocycles. The van der Waals surface area contributed by atoms with Gasteiger partial charge >= 0.3 is 0 Å². The maximum absolute atomic E-state index is 12.2. The Bertz CT molecular complexity index is 1070. The molecule has 0 saturated carbocycles. The molecule has 0 aliphatic carbocycles. The molecule has 0 unspecified atom stereocenters. The SMILES string of the molecule is Cc1cc(C)c2cc(CCNS(=O)(=O)c3ccccc3)c(=O)[nH]c2c1. The molecule has 0 saturated heterocycles. The van der Waals surface area contributed by atoms with Gasteiger partial charge in [0.1, 0.15) is 0 Å². The van der Waals surface area contributed by atoms with Gasteiger partial charge in [0.05, 0.1) is 4.90 Å². The van der Waals surface area contributed by atoms with Gasteiger partial charge in [0, 0.05) is 23.0 Å². The van der Waals surface area contributed by atoms with E-state index < -0.39 is 10.0 Å². The fraction of sp³-hybridized carbons (Fsp3) is 0.211. The van der Waals surface area contributed by atoms with Crippen molar-refractivity contribution in [1.29, 1.82) is 0 Å². The van der Waals surface area contributed by atoms with E-state index >= 15 is 0 Å². The van der Waals surface area contributed by atoms with Crippen LogP contribution in [0.15, 0.2) is 58.2 Å². The maximum atomic E-state index is 12.2. The van der Waals surface area contributed by atoms with Crippen molar-refractivity contribution < 1.29 is 8.42 Å². The van der Waals surface area contributed by atoms with Crippen molar-refractivity contribution >= 4 is 20.9 Å². The van der Waals surface area contributed by atoms with E-state index in [1.54, 1.807) is 18.2 Å². The van der Waals surface area contributed by atoms with Gasteiger partial charge in [0.15, 0.2) is 0 Å². The summed E-state index contributed by atoms with van der Waals surface area (Å²) < 4.78 is 27.0. The predicted octanol–water partition coefficient (Wildman–Crippen LogP) is 2.67. The summed E-state index contributed by atoms with van der Waals surface area (Å²) in [5, 5.41) is 0.978. The summed E-state index contributed by atoms with van der Waals surface area (Å²) >= 11 is 0. The second-order valence-electron chi connectivity index (χ2n) is 6.13. The number of hydrogen-bond acceptors (Lipinski definition) is 3. The molecule has 3 rings (SSSR count). The molecular weight excluding hydrogens is 336 g/mol. The van der Waals surface area contributed by atoms with Gasteiger partial charge in [0.2, 0.25) is 10.0 Å². The number of pyridine rings is 1. The Kier molecular flexibility index (Phi) is 4.74. The fourth-order valence-corrected chi connectivity index (χ4v) is 3.96. The molecule has 0 atom stereocenters. The molecule has 0 radical (unpaired) electrons. The number of sulfonamides is 1.